The average molecular weight is 633 g/mol. The van der Waals surface area contributed by atoms with Crippen LogP contribution in [0.1, 0.15) is 21.5 Å². The van der Waals surface area contributed by atoms with E-state index in [2.05, 4.69) is 43.8 Å². The number of carboxylic acids is 1. The van der Waals surface area contributed by atoms with Gasteiger partial charge < -0.3 is 19.9 Å². The van der Waals surface area contributed by atoms with E-state index in [-0.39, 0.29) is 17.7 Å². The fourth-order valence-corrected chi connectivity index (χ4v) is 3.95. The first kappa shape index (κ1) is 25.3. The number of ether oxygens (including phenoxy) is 2. The van der Waals surface area contributed by atoms with Gasteiger partial charge in [-0.2, -0.15) is 5.26 Å². The Labute approximate surface area is 218 Å². The van der Waals surface area contributed by atoms with Gasteiger partial charge in [0.15, 0.2) is 11.5 Å². The van der Waals surface area contributed by atoms with Crippen LogP contribution in [0.3, 0.4) is 0 Å². The molecule has 0 saturated heterocycles. The molecule has 3 aromatic carbocycles. The number of nitriles is 1. The number of hydrogen-bond donors (Lipinski definition) is 2. The molecule has 3 aromatic rings. The van der Waals surface area contributed by atoms with Crippen molar-refractivity contribution in [3.8, 4) is 17.6 Å². The molecule has 172 valence electrons. The van der Waals surface area contributed by atoms with Crippen molar-refractivity contribution in [1.82, 2.24) is 0 Å². The number of carbonyl (C=O) groups excluding carboxylic acids is 1. The number of nitrogens with one attached hydrogen (secondary N) is 1. The molecule has 0 aliphatic carbocycles. The van der Waals surface area contributed by atoms with E-state index < -0.39 is 11.9 Å². The van der Waals surface area contributed by atoms with Crippen molar-refractivity contribution >= 4 is 62.2 Å². The number of carboxylic acid groups (broad SMARTS) is 1. The SMILES string of the molecule is COc1cc(/C=C(/C#N)C(=O)Nc2ccc(Br)cc2)cc(I)c1OCc1ccc(C(=O)O)cc1. The molecule has 0 saturated carbocycles. The summed E-state index contributed by atoms with van der Waals surface area (Å²) in [5.74, 6) is -0.579. The molecule has 0 aliphatic heterocycles. The minimum Gasteiger partial charge on any atom is -0.493 e. The molecule has 0 radical (unpaired) electrons. The number of benzene rings is 3. The van der Waals surface area contributed by atoms with Gasteiger partial charge in [-0.05, 0) is 88.3 Å². The molecule has 34 heavy (non-hydrogen) atoms. The van der Waals surface area contributed by atoms with Crippen molar-refractivity contribution in [2.24, 2.45) is 0 Å². The molecule has 0 unspecified atom stereocenters. The van der Waals surface area contributed by atoms with Gasteiger partial charge in [-0.25, -0.2) is 4.79 Å². The van der Waals surface area contributed by atoms with Crippen molar-refractivity contribution < 1.29 is 24.2 Å². The minimum atomic E-state index is -0.991. The van der Waals surface area contributed by atoms with Crippen molar-refractivity contribution in [2.75, 3.05) is 12.4 Å². The maximum absolute atomic E-state index is 12.6. The molecule has 0 bridgehead atoms. The number of halogens is 2. The highest BCUT2D eigenvalue weighted by molar-refractivity contribution is 14.1. The van der Waals surface area contributed by atoms with E-state index in [0.29, 0.717) is 22.7 Å². The Morgan fingerprint density at radius 3 is 2.41 bits per heavy atom. The van der Waals surface area contributed by atoms with E-state index in [1.807, 2.05) is 6.07 Å². The average Bonchev–Trinajstić information content (AvgIpc) is 2.83. The minimum absolute atomic E-state index is 0.0621. The van der Waals surface area contributed by atoms with Crippen LogP contribution in [-0.4, -0.2) is 24.1 Å². The molecule has 0 aromatic heterocycles. The molecule has 1 amide bonds. The van der Waals surface area contributed by atoms with Gasteiger partial charge in [-0.3, -0.25) is 4.79 Å². The number of methoxy groups -OCH3 is 1. The summed E-state index contributed by atoms with van der Waals surface area (Å²) >= 11 is 5.43. The van der Waals surface area contributed by atoms with E-state index in [4.69, 9.17) is 14.6 Å². The standard InChI is InChI=1S/C25H18BrIN2O5/c1-33-22-12-16(10-18(13-28)24(30)29-20-8-6-19(26)7-9-20)11-21(27)23(22)34-14-15-2-4-17(5-3-15)25(31)32/h2-12H,14H2,1H3,(H,29,30)(H,31,32)/b18-10-. The van der Waals surface area contributed by atoms with Crippen LogP contribution in [0.4, 0.5) is 5.69 Å². The number of amides is 1. The van der Waals surface area contributed by atoms with Gasteiger partial charge in [0, 0.05) is 10.2 Å². The summed E-state index contributed by atoms with van der Waals surface area (Å²) in [6.45, 7) is 0.209. The summed E-state index contributed by atoms with van der Waals surface area (Å²) in [6.07, 6.45) is 1.48. The molecular formula is C25H18BrIN2O5. The first-order valence-electron chi connectivity index (χ1n) is 9.82. The highest BCUT2D eigenvalue weighted by Crippen LogP contribution is 2.35. The van der Waals surface area contributed by atoms with E-state index in [0.717, 1.165) is 13.6 Å². The summed E-state index contributed by atoms with van der Waals surface area (Å²) < 4.78 is 13.0. The van der Waals surface area contributed by atoms with Gasteiger partial charge >= 0.3 is 5.97 Å². The van der Waals surface area contributed by atoms with Crippen LogP contribution in [-0.2, 0) is 11.4 Å². The summed E-state index contributed by atoms with van der Waals surface area (Å²) in [5.41, 5.74) is 2.10. The number of nitrogens with zero attached hydrogens (tertiary/aromatic N) is 1. The monoisotopic (exact) mass is 632 g/mol. The molecule has 0 spiro atoms. The molecule has 9 heteroatoms. The van der Waals surface area contributed by atoms with Gasteiger partial charge in [0.05, 0.1) is 16.2 Å². The lowest BCUT2D eigenvalue weighted by atomic mass is 10.1. The predicted octanol–water partition coefficient (Wildman–Crippen LogP) is 5.89. The lowest BCUT2D eigenvalue weighted by molar-refractivity contribution is -0.112. The molecule has 3 rings (SSSR count). The second-order valence-electron chi connectivity index (χ2n) is 6.96. The van der Waals surface area contributed by atoms with Gasteiger partial charge in [-0.1, -0.05) is 28.1 Å². The maximum Gasteiger partial charge on any atom is 0.335 e. The molecular weight excluding hydrogens is 615 g/mol. The molecule has 0 atom stereocenters. The zero-order valence-electron chi connectivity index (χ0n) is 17.8. The molecule has 7 nitrogen and oxygen atoms in total. The van der Waals surface area contributed by atoms with Gasteiger partial charge in [0.1, 0.15) is 18.2 Å². The summed E-state index contributed by atoms with van der Waals surface area (Å²) in [6, 6.07) is 18.8. The normalized spacial score (nSPS) is 10.8. The van der Waals surface area contributed by atoms with Crippen molar-refractivity contribution in [3.05, 3.63) is 91.0 Å². The molecule has 0 fully saturated rings. The predicted molar refractivity (Wildman–Crippen MR) is 140 cm³/mol. The number of rotatable bonds is 8. The van der Waals surface area contributed by atoms with Crippen molar-refractivity contribution in [3.63, 3.8) is 0 Å². The maximum atomic E-state index is 12.6. The second kappa shape index (κ2) is 11.7. The van der Waals surface area contributed by atoms with Crippen molar-refractivity contribution in [1.29, 1.82) is 5.26 Å². The van der Waals surface area contributed by atoms with Gasteiger partial charge in [0.2, 0.25) is 0 Å². The molecule has 0 aliphatic rings. The smallest absolute Gasteiger partial charge is 0.335 e. The van der Waals surface area contributed by atoms with Crippen LogP contribution in [0.15, 0.2) is 70.7 Å². The summed E-state index contributed by atoms with van der Waals surface area (Å²) in [4.78, 5) is 23.6. The third-order valence-corrected chi connectivity index (χ3v) is 5.94. The zero-order valence-corrected chi connectivity index (χ0v) is 21.6. The zero-order chi connectivity index (χ0) is 24.7. The third kappa shape index (κ3) is 6.59. The summed E-state index contributed by atoms with van der Waals surface area (Å²) in [5, 5.41) is 21.2. The molecule has 2 N–H and O–H groups in total. The number of hydrogen-bond acceptors (Lipinski definition) is 5. The van der Waals surface area contributed by atoms with E-state index in [1.54, 1.807) is 48.5 Å². The van der Waals surface area contributed by atoms with E-state index in [1.165, 1.54) is 25.3 Å². The fourth-order valence-electron chi connectivity index (χ4n) is 2.91. The van der Waals surface area contributed by atoms with Crippen LogP contribution in [0.5, 0.6) is 11.5 Å². The lowest BCUT2D eigenvalue weighted by Crippen LogP contribution is -2.13. The lowest BCUT2D eigenvalue weighted by Gasteiger charge is -2.14. The Hall–Kier alpha value is -3.36. The largest absolute Gasteiger partial charge is 0.493 e. The van der Waals surface area contributed by atoms with Crippen LogP contribution >= 0.6 is 38.5 Å². The fraction of sp³-hybridized carbons (Fsp3) is 0.0800. The Kier molecular flexibility index (Phi) is 8.67. The highest BCUT2D eigenvalue weighted by Gasteiger charge is 2.14. The number of aromatic carboxylic acids is 1. The quantitative estimate of drug-likeness (QED) is 0.182. The number of anilines is 1. The Bertz CT molecular complexity index is 1280. The first-order valence-corrected chi connectivity index (χ1v) is 11.7. The number of carbonyl (C=O) groups is 2. The second-order valence-corrected chi connectivity index (χ2v) is 9.03. The Morgan fingerprint density at radius 1 is 1.15 bits per heavy atom. The van der Waals surface area contributed by atoms with Crippen LogP contribution in [0.25, 0.3) is 6.08 Å². The van der Waals surface area contributed by atoms with E-state index in [9.17, 15) is 14.9 Å². The summed E-state index contributed by atoms with van der Waals surface area (Å²) in [7, 11) is 1.50. The third-order valence-electron chi connectivity index (χ3n) is 4.61. The first-order chi connectivity index (χ1) is 16.3. The Morgan fingerprint density at radius 2 is 1.82 bits per heavy atom. The Balaban J connectivity index is 1.78. The van der Waals surface area contributed by atoms with Crippen LogP contribution in [0.2, 0.25) is 0 Å². The van der Waals surface area contributed by atoms with Crippen LogP contribution < -0.4 is 14.8 Å². The van der Waals surface area contributed by atoms with E-state index >= 15 is 0 Å². The van der Waals surface area contributed by atoms with Gasteiger partial charge in [0.25, 0.3) is 5.91 Å². The molecule has 0 heterocycles. The highest BCUT2D eigenvalue weighted by atomic mass is 127. The van der Waals surface area contributed by atoms with Crippen molar-refractivity contribution in [2.45, 2.75) is 6.61 Å². The van der Waals surface area contributed by atoms with Gasteiger partial charge in [-0.15, -0.1) is 0 Å². The topological polar surface area (TPSA) is 109 Å². The van der Waals surface area contributed by atoms with Crippen LogP contribution in [0, 0.1) is 14.9 Å².